The van der Waals surface area contributed by atoms with Crippen molar-refractivity contribution in [1.82, 2.24) is 0 Å². The second-order valence-corrected chi connectivity index (χ2v) is 5.95. The molecule has 0 amide bonds. The summed E-state index contributed by atoms with van der Waals surface area (Å²) in [5.41, 5.74) is 0.493. The van der Waals surface area contributed by atoms with Gasteiger partial charge in [0.15, 0.2) is 23.0 Å². The summed E-state index contributed by atoms with van der Waals surface area (Å²) in [6, 6.07) is 4.76. The Hall–Kier alpha value is -2.84. The van der Waals surface area contributed by atoms with E-state index in [0.29, 0.717) is 29.9 Å². The van der Waals surface area contributed by atoms with E-state index in [2.05, 4.69) is 0 Å². The lowest BCUT2D eigenvalue weighted by molar-refractivity contribution is 0.0987. The van der Waals surface area contributed by atoms with Gasteiger partial charge in [-0.15, -0.1) is 0 Å². The summed E-state index contributed by atoms with van der Waals surface area (Å²) in [7, 11) is 1.43. The predicted octanol–water partition coefficient (Wildman–Crippen LogP) is 5.22. The maximum atomic E-state index is 13.5. The number of hydrogen-bond donors (Lipinski definition) is 0. The number of ketones is 1. The zero-order valence-electron chi connectivity index (χ0n) is 15.8. The van der Waals surface area contributed by atoms with Crippen molar-refractivity contribution in [3.63, 3.8) is 0 Å². The lowest BCUT2D eigenvalue weighted by Gasteiger charge is -2.12. The molecule has 0 aliphatic carbocycles. The Labute approximate surface area is 164 Å². The van der Waals surface area contributed by atoms with Gasteiger partial charge < -0.3 is 14.2 Å². The third-order valence-electron chi connectivity index (χ3n) is 4.02. The lowest BCUT2D eigenvalue weighted by Crippen LogP contribution is -2.09. The minimum Gasteiger partial charge on any atom is -0.493 e. The molecule has 2 rings (SSSR count). The number of hydrogen-bond acceptors (Lipinski definition) is 4. The van der Waals surface area contributed by atoms with Crippen molar-refractivity contribution in [3.8, 4) is 17.2 Å². The first-order chi connectivity index (χ1) is 13.8. The second kappa shape index (κ2) is 10.1. The fourth-order valence-corrected chi connectivity index (χ4v) is 2.44. The van der Waals surface area contributed by atoms with Gasteiger partial charge in [-0.05, 0) is 31.0 Å². The average Bonchev–Trinajstić information content (AvgIpc) is 2.74. The zero-order chi connectivity index (χ0) is 21.6. The molecule has 0 spiro atoms. The quantitative estimate of drug-likeness (QED) is 0.174. The molecular weight excluding hydrogens is 399 g/mol. The summed E-state index contributed by atoms with van der Waals surface area (Å²) in [5.74, 6) is -10.9. The summed E-state index contributed by atoms with van der Waals surface area (Å²) in [4.78, 5) is 11.7. The number of halogens is 5. The Bertz CT molecular complexity index is 857. The minimum atomic E-state index is -2.23. The Balaban J connectivity index is 1.86. The van der Waals surface area contributed by atoms with Crippen LogP contribution in [0.5, 0.6) is 17.2 Å². The third kappa shape index (κ3) is 5.16. The van der Waals surface area contributed by atoms with Crippen LogP contribution in [0, 0.1) is 29.1 Å². The van der Waals surface area contributed by atoms with Crippen molar-refractivity contribution in [2.24, 2.45) is 0 Å². The predicted molar refractivity (Wildman–Crippen MR) is 94.1 cm³/mol. The smallest absolute Gasteiger partial charge is 0.206 e. The van der Waals surface area contributed by atoms with Crippen molar-refractivity contribution < 1.29 is 41.0 Å². The molecule has 0 aromatic heterocycles. The number of Topliss-reactive ketones (excluding diaryl/α,β-unsaturated/α-hetero) is 1. The average molecular weight is 418 g/mol. The highest BCUT2D eigenvalue weighted by atomic mass is 19.2. The number of methoxy groups -OCH3 is 1. The number of carbonyl (C=O) groups is 1. The van der Waals surface area contributed by atoms with Gasteiger partial charge in [0, 0.05) is 12.0 Å². The Morgan fingerprint density at radius 2 is 1.38 bits per heavy atom. The molecule has 0 bridgehead atoms. The molecule has 0 unspecified atom stereocenters. The van der Waals surface area contributed by atoms with E-state index < -0.39 is 34.8 Å². The van der Waals surface area contributed by atoms with Gasteiger partial charge in [0.2, 0.25) is 29.1 Å². The monoisotopic (exact) mass is 418 g/mol. The zero-order valence-corrected chi connectivity index (χ0v) is 15.8. The number of rotatable bonds is 10. The van der Waals surface area contributed by atoms with E-state index in [1.165, 1.54) is 7.11 Å². The van der Waals surface area contributed by atoms with Crippen molar-refractivity contribution in [2.45, 2.75) is 26.2 Å². The topological polar surface area (TPSA) is 44.8 Å². The molecular formula is C20H19F5O4. The van der Waals surface area contributed by atoms with Crippen LogP contribution < -0.4 is 14.2 Å². The molecule has 0 radical (unpaired) electrons. The van der Waals surface area contributed by atoms with Gasteiger partial charge in [0.05, 0.1) is 20.3 Å². The van der Waals surface area contributed by atoms with Crippen molar-refractivity contribution >= 4 is 5.78 Å². The normalized spacial score (nSPS) is 10.7. The van der Waals surface area contributed by atoms with Crippen LogP contribution in [0.4, 0.5) is 22.0 Å². The second-order valence-electron chi connectivity index (χ2n) is 5.95. The lowest BCUT2D eigenvalue weighted by atomic mass is 10.1. The maximum absolute atomic E-state index is 13.5. The van der Waals surface area contributed by atoms with Crippen molar-refractivity contribution in [1.29, 1.82) is 0 Å². The van der Waals surface area contributed by atoms with Gasteiger partial charge in [-0.1, -0.05) is 6.92 Å². The van der Waals surface area contributed by atoms with E-state index in [1.807, 2.05) is 0 Å². The van der Waals surface area contributed by atoms with E-state index in [1.54, 1.807) is 25.1 Å². The van der Waals surface area contributed by atoms with Crippen LogP contribution in [-0.2, 0) is 0 Å². The van der Waals surface area contributed by atoms with E-state index in [-0.39, 0.29) is 25.4 Å². The number of unbranched alkanes of at least 4 members (excludes halogenated alkanes) is 1. The molecule has 0 aliphatic rings. The van der Waals surface area contributed by atoms with Crippen molar-refractivity contribution in [2.75, 3.05) is 20.3 Å². The van der Waals surface area contributed by atoms with E-state index in [0.717, 1.165) is 0 Å². The highest BCUT2D eigenvalue weighted by Crippen LogP contribution is 2.30. The molecule has 0 heterocycles. The Kier molecular flexibility index (Phi) is 7.81. The fraction of sp³-hybridized carbons (Fsp3) is 0.350. The number of carbonyl (C=O) groups excluding carboxylic acids is 1. The molecule has 2 aromatic rings. The van der Waals surface area contributed by atoms with Gasteiger partial charge in [-0.2, -0.15) is 8.78 Å². The van der Waals surface area contributed by atoms with E-state index >= 15 is 0 Å². The Morgan fingerprint density at radius 1 is 0.828 bits per heavy atom. The van der Waals surface area contributed by atoms with Crippen LogP contribution in [0.15, 0.2) is 18.2 Å². The van der Waals surface area contributed by atoms with Gasteiger partial charge in [0.1, 0.15) is 0 Å². The van der Waals surface area contributed by atoms with Gasteiger partial charge in [0.25, 0.3) is 0 Å². The molecule has 0 aliphatic heterocycles. The Morgan fingerprint density at radius 3 is 1.93 bits per heavy atom. The third-order valence-corrected chi connectivity index (χ3v) is 4.02. The summed E-state index contributed by atoms with van der Waals surface area (Å²) in [6.07, 6.45) is 0.953. The highest BCUT2D eigenvalue weighted by Gasteiger charge is 2.26. The molecule has 0 N–H and O–H groups in total. The highest BCUT2D eigenvalue weighted by molar-refractivity contribution is 5.96. The first-order valence-electron chi connectivity index (χ1n) is 8.80. The summed E-state index contributed by atoms with van der Waals surface area (Å²) in [5, 5.41) is 0. The largest absolute Gasteiger partial charge is 0.493 e. The number of ether oxygens (including phenoxy) is 3. The van der Waals surface area contributed by atoms with E-state index in [9.17, 15) is 26.7 Å². The van der Waals surface area contributed by atoms with Crippen molar-refractivity contribution in [3.05, 3.63) is 52.8 Å². The summed E-state index contributed by atoms with van der Waals surface area (Å²) >= 11 is 0. The summed E-state index contributed by atoms with van der Waals surface area (Å²) in [6.45, 7) is 1.65. The summed E-state index contributed by atoms with van der Waals surface area (Å²) < 4.78 is 81.6. The van der Waals surface area contributed by atoms with Gasteiger partial charge >= 0.3 is 0 Å². The molecule has 0 atom stereocenters. The maximum Gasteiger partial charge on any atom is 0.206 e. The van der Waals surface area contributed by atoms with Crippen LogP contribution >= 0.6 is 0 Å². The first-order valence-corrected chi connectivity index (χ1v) is 8.80. The molecule has 0 fully saturated rings. The first kappa shape index (κ1) is 22.4. The van der Waals surface area contributed by atoms with Crippen LogP contribution in [0.3, 0.4) is 0 Å². The van der Waals surface area contributed by atoms with Crippen LogP contribution in [0.1, 0.15) is 36.5 Å². The van der Waals surface area contributed by atoms with E-state index in [4.69, 9.17) is 14.2 Å². The molecule has 0 saturated carbocycles. The molecule has 158 valence electrons. The number of benzene rings is 2. The minimum absolute atomic E-state index is 0.0415. The molecule has 4 nitrogen and oxygen atoms in total. The molecule has 0 saturated heterocycles. The molecule has 9 heteroatoms. The molecule has 29 heavy (non-hydrogen) atoms. The standard InChI is InChI=1S/C20H19F5O4/c1-3-12(26)11-6-7-13(14(10-11)27-2)28-8-4-5-9-29-20-18(24)16(22)15(21)17(23)19(20)25/h6-7,10H,3-5,8-9H2,1-2H3. The van der Waals surface area contributed by atoms with Crippen LogP contribution in [-0.4, -0.2) is 26.1 Å². The SMILES string of the molecule is CCC(=O)c1ccc(OCCCCOc2c(F)c(F)c(F)c(F)c2F)c(OC)c1. The van der Waals surface area contributed by atoms with Gasteiger partial charge in [-0.3, -0.25) is 4.79 Å². The fourth-order valence-electron chi connectivity index (χ4n) is 2.44. The van der Waals surface area contributed by atoms with Crippen LogP contribution in [0.25, 0.3) is 0 Å². The van der Waals surface area contributed by atoms with Crippen LogP contribution in [0.2, 0.25) is 0 Å². The van der Waals surface area contributed by atoms with Gasteiger partial charge in [-0.25, -0.2) is 13.2 Å². The molecule has 2 aromatic carbocycles.